The van der Waals surface area contributed by atoms with Crippen molar-refractivity contribution in [3.63, 3.8) is 0 Å². The highest BCUT2D eigenvalue weighted by Crippen LogP contribution is 2.47. The molecule has 3 heterocycles. The molecule has 34 heavy (non-hydrogen) atoms. The van der Waals surface area contributed by atoms with Crippen molar-refractivity contribution in [3.05, 3.63) is 65.2 Å². The van der Waals surface area contributed by atoms with Crippen LogP contribution < -0.4 is 10.1 Å². The van der Waals surface area contributed by atoms with Gasteiger partial charge in [-0.2, -0.15) is 5.26 Å². The van der Waals surface area contributed by atoms with E-state index in [-0.39, 0.29) is 10.8 Å². The summed E-state index contributed by atoms with van der Waals surface area (Å²) in [6.07, 6.45) is 6.50. The Morgan fingerprint density at radius 3 is 2.65 bits per heavy atom. The van der Waals surface area contributed by atoms with Crippen LogP contribution in [0.25, 0.3) is 0 Å². The molecule has 3 aliphatic heterocycles. The van der Waals surface area contributed by atoms with E-state index in [9.17, 15) is 4.21 Å². The second-order valence-electron chi connectivity index (χ2n) is 9.87. The van der Waals surface area contributed by atoms with Gasteiger partial charge >= 0.3 is 0 Å². The molecule has 0 aromatic heterocycles. The minimum absolute atomic E-state index is 0.138. The van der Waals surface area contributed by atoms with Gasteiger partial charge in [-0.3, -0.25) is 4.21 Å². The number of fused-ring (bicyclic) bond motifs is 1. The quantitative estimate of drug-likeness (QED) is 0.611. The summed E-state index contributed by atoms with van der Waals surface area (Å²) in [7, 11) is -0.752. The predicted molar refractivity (Wildman–Crippen MR) is 136 cm³/mol. The summed E-state index contributed by atoms with van der Waals surface area (Å²) >= 11 is 0. The number of rotatable bonds is 7. The highest BCUT2D eigenvalue weighted by Gasteiger charge is 2.52. The lowest BCUT2D eigenvalue weighted by Crippen LogP contribution is -2.61. The van der Waals surface area contributed by atoms with Crippen molar-refractivity contribution in [2.45, 2.75) is 49.3 Å². The largest absolute Gasteiger partial charge is 0.494 e. The van der Waals surface area contributed by atoms with E-state index in [1.165, 1.54) is 11.1 Å². The molecule has 5 nitrogen and oxygen atoms in total. The van der Waals surface area contributed by atoms with Gasteiger partial charge in [-0.1, -0.05) is 24.3 Å². The van der Waals surface area contributed by atoms with E-state index in [0.29, 0.717) is 18.1 Å². The second kappa shape index (κ2) is 10.6. The molecule has 0 saturated carbocycles. The van der Waals surface area contributed by atoms with Crippen molar-refractivity contribution in [3.8, 4) is 11.8 Å². The van der Waals surface area contributed by atoms with E-state index in [1.807, 2.05) is 12.1 Å². The molecule has 6 heteroatoms. The van der Waals surface area contributed by atoms with Crippen molar-refractivity contribution < 1.29 is 8.95 Å². The van der Waals surface area contributed by atoms with Gasteiger partial charge in [0, 0.05) is 29.6 Å². The summed E-state index contributed by atoms with van der Waals surface area (Å²) in [5, 5.41) is 13.1. The Hall–Kier alpha value is -2.20. The fraction of sp³-hybridized carbons (Fsp3) is 0.536. The number of ether oxygens (including phenoxy) is 1. The molecule has 5 rings (SSSR count). The lowest BCUT2D eigenvalue weighted by atomic mass is 9.67. The standard InChI is InChI=1S/C28H35N3O2S/c29-21-22-8-10-25(11-9-22)33-19-4-16-31-17-13-24(14-18-31)28(27-7-3-20-34(27)32)26-6-2-1-5-23(26)12-15-30-28/h1-2,5-6,8-11,24,27,30H,3-4,7,12-20H2. The highest BCUT2D eigenvalue weighted by molar-refractivity contribution is 7.86. The van der Waals surface area contributed by atoms with Gasteiger partial charge in [0.15, 0.2) is 0 Å². The maximum Gasteiger partial charge on any atom is 0.119 e. The molecule has 3 aliphatic rings. The van der Waals surface area contributed by atoms with Gasteiger partial charge in [0.2, 0.25) is 0 Å². The number of nitrogens with one attached hydrogen (secondary N) is 1. The van der Waals surface area contributed by atoms with E-state index in [4.69, 9.17) is 10.00 Å². The zero-order chi connectivity index (χ0) is 23.4. The second-order valence-corrected chi connectivity index (χ2v) is 11.6. The Labute approximate surface area is 206 Å². The molecule has 180 valence electrons. The summed E-state index contributed by atoms with van der Waals surface area (Å²) in [5.74, 6) is 2.20. The van der Waals surface area contributed by atoms with Crippen LogP contribution in [0.15, 0.2) is 48.5 Å². The number of benzene rings is 2. The van der Waals surface area contributed by atoms with Crippen LogP contribution in [0.1, 0.15) is 48.8 Å². The lowest BCUT2D eigenvalue weighted by molar-refractivity contribution is 0.0923. The summed E-state index contributed by atoms with van der Waals surface area (Å²) in [4.78, 5) is 2.56. The number of hydrogen-bond acceptors (Lipinski definition) is 5. The summed E-state index contributed by atoms with van der Waals surface area (Å²) < 4.78 is 19.0. The fourth-order valence-electron chi connectivity index (χ4n) is 6.39. The van der Waals surface area contributed by atoms with Crippen molar-refractivity contribution in [1.29, 1.82) is 5.26 Å². The molecule has 0 amide bonds. The van der Waals surface area contributed by atoms with Crippen LogP contribution in [0.3, 0.4) is 0 Å². The van der Waals surface area contributed by atoms with Crippen LogP contribution in [-0.4, -0.2) is 52.9 Å². The molecule has 3 atom stereocenters. The fourth-order valence-corrected chi connectivity index (χ4v) is 8.37. The zero-order valence-corrected chi connectivity index (χ0v) is 20.7. The first kappa shape index (κ1) is 23.5. The van der Waals surface area contributed by atoms with Crippen molar-refractivity contribution in [2.24, 2.45) is 5.92 Å². The van der Waals surface area contributed by atoms with Gasteiger partial charge in [-0.25, -0.2) is 0 Å². The number of piperidine rings is 1. The highest BCUT2D eigenvalue weighted by atomic mass is 32.2. The van der Waals surface area contributed by atoms with E-state index in [2.05, 4.69) is 40.6 Å². The van der Waals surface area contributed by atoms with E-state index in [1.54, 1.807) is 12.1 Å². The van der Waals surface area contributed by atoms with E-state index >= 15 is 0 Å². The molecular weight excluding hydrogens is 442 g/mol. The summed E-state index contributed by atoms with van der Waals surface area (Å²) in [6, 6.07) is 18.4. The SMILES string of the molecule is N#Cc1ccc(OCCCN2CCC(C3(C4CCCS4=O)NCCc4ccccc43)CC2)cc1. The topological polar surface area (TPSA) is 65.4 Å². The van der Waals surface area contributed by atoms with Gasteiger partial charge in [0.05, 0.1) is 29.0 Å². The number of likely N-dealkylation sites (tertiary alicyclic amines) is 1. The lowest BCUT2D eigenvalue weighted by Gasteiger charge is -2.51. The van der Waals surface area contributed by atoms with Crippen LogP contribution in [0.2, 0.25) is 0 Å². The Kier molecular flexibility index (Phi) is 7.34. The third-order valence-electron chi connectivity index (χ3n) is 8.01. The number of hydrogen-bond donors (Lipinski definition) is 1. The normalized spacial score (nSPS) is 27.7. The van der Waals surface area contributed by atoms with Crippen LogP contribution >= 0.6 is 0 Å². The molecule has 0 aliphatic carbocycles. The van der Waals surface area contributed by atoms with Crippen LogP contribution in [0.5, 0.6) is 5.75 Å². The minimum Gasteiger partial charge on any atom is -0.494 e. The monoisotopic (exact) mass is 477 g/mol. The van der Waals surface area contributed by atoms with E-state index < -0.39 is 10.8 Å². The third kappa shape index (κ3) is 4.66. The van der Waals surface area contributed by atoms with Crippen molar-refractivity contribution in [1.82, 2.24) is 10.2 Å². The molecule has 2 aromatic carbocycles. The van der Waals surface area contributed by atoms with Gasteiger partial charge in [-0.15, -0.1) is 0 Å². The van der Waals surface area contributed by atoms with Crippen LogP contribution in [0, 0.1) is 17.2 Å². The first-order chi connectivity index (χ1) is 16.7. The van der Waals surface area contributed by atoms with Crippen LogP contribution in [-0.2, 0) is 22.8 Å². The summed E-state index contributed by atoms with van der Waals surface area (Å²) in [6.45, 7) is 4.89. The Morgan fingerprint density at radius 1 is 1.12 bits per heavy atom. The smallest absolute Gasteiger partial charge is 0.119 e. The van der Waals surface area contributed by atoms with Gasteiger partial charge in [0.25, 0.3) is 0 Å². The first-order valence-corrected chi connectivity index (χ1v) is 14.1. The Balaban J connectivity index is 1.20. The number of nitrogens with zero attached hydrogens (tertiary/aromatic N) is 2. The molecule has 0 spiro atoms. The Morgan fingerprint density at radius 2 is 1.91 bits per heavy atom. The predicted octanol–water partition coefficient (Wildman–Crippen LogP) is 3.99. The third-order valence-corrected chi connectivity index (χ3v) is 9.95. The van der Waals surface area contributed by atoms with Gasteiger partial charge < -0.3 is 15.0 Å². The minimum atomic E-state index is -0.752. The van der Waals surface area contributed by atoms with Crippen molar-refractivity contribution in [2.75, 3.05) is 38.5 Å². The maximum atomic E-state index is 13.2. The van der Waals surface area contributed by atoms with Gasteiger partial charge in [-0.05, 0) is 92.9 Å². The molecule has 2 aromatic rings. The molecule has 2 saturated heterocycles. The molecule has 0 bridgehead atoms. The molecule has 0 radical (unpaired) electrons. The Bertz CT molecular complexity index is 1040. The average molecular weight is 478 g/mol. The van der Waals surface area contributed by atoms with Crippen molar-refractivity contribution >= 4 is 10.8 Å². The molecule has 2 fully saturated rings. The molecule has 1 N–H and O–H groups in total. The maximum absolute atomic E-state index is 13.2. The van der Waals surface area contributed by atoms with Crippen LogP contribution in [0.4, 0.5) is 0 Å². The first-order valence-electron chi connectivity index (χ1n) is 12.8. The molecular formula is C28H35N3O2S. The number of nitriles is 1. The average Bonchev–Trinajstić information content (AvgIpc) is 3.33. The zero-order valence-electron chi connectivity index (χ0n) is 19.9. The van der Waals surface area contributed by atoms with Gasteiger partial charge in [0.1, 0.15) is 5.75 Å². The molecule has 3 unspecified atom stereocenters. The van der Waals surface area contributed by atoms with E-state index in [0.717, 1.165) is 76.2 Å². The summed E-state index contributed by atoms with van der Waals surface area (Å²) in [5.41, 5.74) is 3.40.